The third-order valence-corrected chi connectivity index (χ3v) is 4.17. The van der Waals surface area contributed by atoms with E-state index in [4.69, 9.17) is 4.74 Å². The van der Waals surface area contributed by atoms with E-state index in [1.165, 1.54) is 0 Å². The lowest BCUT2D eigenvalue weighted by Gasteiger charge is -2.08. The van der Waals surface area contributed by atoms with Crippen LogP contribution in [0.3, 0.4) is 0 Å². The molecule has 2 aromatic heterocycles. The van der Waals surface area contributed by atoms with Crippen LogP contribution in [0.15, 0.2) is 17.3 Å². The summed E-state index contributed by atoms with van der Waals surface area (Å²) in [6.07, 6.45) is 5.84. The zero-order valence-electron chi connectivity index (χ0n) is 10.4. The van der Waals surface area contributed by atoms with Gasteiger partial charge in [0, 0.05) is 13.2 Å². The molecule has 0 aromatic carbocycles. The van der Waals surface area contributed by atoms with Gasteiger partial charge in [0.1, 0.15) is 9.26 Å². The number of hydrogen-bond donors (Lipinski definition) is 1. The molecule has 0 spiro atoms. The maximum absolute atomic E-state index is 11.9. The summed E-state index contributed by atoms with van der Waals surface area (Å²) in [7, 11) is 1.59. The van der Waals surface area contributed by atoms with Crippen LogP contribution in [-0.2, 0) is 11.3 Å². The van der Waals surface area contributed by atoms with Gasteiger partial charge >= 0.3 is 0 Å². The molecule has 1 aliphatic rings. The van der Waals surface area contributed by atoms with Crippen molar-refractivity contribution in [3.63, 3.8) is 0 Å². The van der Waals surface area contributed by atoms with Crippen molar-refractivity contribution in [2.24, 2.45) is 0 Å². The number of H-pyrrole nitrogens is 1. The minimum absolute atomic E-state index is 0.138. The number of ether oxygens (including phenoxy) is 1. The Labute approximate surface area is 123 Å². The average molecular weight is 372 g/mol. The van der Waals surface area contributed by atoms with Crippen LogP contribution >= 0.6 is 22.6 Å². The molecule has 2 aromatic rings. The van der Waals surface area contributed by atoms with E-state index < -0.39 is 0 Å². The Morgan fingerprint density at radius 3 is 3.05 bits per heavy atom. The lowest BCUT2D eigenvalue weighted by molar-refractivity contribution is 0.180. The molecule has 1 N–H and O–H groups in total. The second-order valence-electron chi connectivity index (χ2n) is 4.53. The van der Waals surface area contributed by atoms with E-state index >= 15 is 0 Å². The molecule has 0 radical (unpaired) electrons. The molecule has 6 nitrogen and oxygen atoms in total. The molecule has 0 saturated heterocycles. The number of nitrogens with one attached hydrogen (secondary N) is 1. The molecule has 0 amide bonds. The minimum atomic E-state index is -0.138. The quantitative estimate of drug-likeness (QED) is 0.830. The van der Waals surface area contributed by atoms with Gasteiger partial charge in [0.05, 0.1) is 24.8 Å². The molecule has 0 bridgehead atoms. The lowest BCUT2D eigenvalue weighted by atomic mass is 10.3. The van der Waals surface area contributed by atoms with Gasteiger partial charge < -0.3 is 14.3 Å². The van der Waals surface area contributed by atoms with Gasteiger partial charge in [0.25, 0.3) is 5.56 Å². The predicted octanol–water partition coefficient (Wildman–Crippen LogP) is 1.72. The highest BCUT2D eigenvalue weighted by atomic mass is 127. The Balaban J connectivity index is 2.09. The summed E-state index contributed by atoms with van der Waals surface area (Å²) in [6, 6.07) is 0.493. The van der Waals surface area contributed by atoms with E-state index in [0.717, 1.165) is 18.5 Å². The van der Waals surface area contributed by atoms with Crippen molar-refractivity contribution in [2.45, 2.75) is 25.5 Å². The van der Waals surface area contributed by atoms with E-state index in [0.29, 0.717) is 27.7 Å². The summed E-state index contributed by atoms with van der Waals surface area (Å²) >= 11 is 1.99. The molecular formula is C12H13IN4O2. The number of nitrogens with zero attached hydrogens (tertiary/aromatic N) is 3. The summed E-state index contributed by atoms with van der Waals surface area (Å²) in [4.78, 5) is 23.4. The Hall–Kier alpha value is -1.22. The topological polar surface area (TPSA) is 72.8 Å². The zero-order valence-corrected chi connectivity index (χ0v) is 12.5. The van der Waals surface area contributed by atoms with Gasteiger partial charge in [-0.2, -0.15) is 0 Å². The van der Waals surface area contributed by atoms with Crippen molar-refractivity contribution in [3.05, 3.63) is 32.1 Å². The number of halogens is 1. The van der Waals surface area contributed by atoms with Crippen molar-refractivity contribution in [3.8, 4) is 11.5 Å². The lowest BCUT2D eigenvalue weighted by Crippen LogP contribution is -2.17. The molecule has 0 unspecified atom stereocenters. The molecule has 1 fully saturated rings. The first-order valence-corrected chi connectivity index (χ1v) is 7.08. The van der Waals surface area contributed by atoms with Crippen LogP contribution in [0.5, 0.6) is 0 Å². The van der Waals surface area contributed by atoms with Gasteiger partial charge in [-0.1, -0.05) is 0 Å². The van der Waals surface area contributed by atoms with Crippen LogP contribution in [0, 0.1) is 3.57 Å². The molecule has 1 saturated carbocycles. The summed E-state index contributed by atoms with van der Waals surface area (Å²) in [5.74, 6) is 0.557. The van der Waals surface area contributed by atoms with E-state index in [-0.39, 0.29) is 5.56 Å². The molecular weight excluding hydrogens is 359 g/mol. The van der Waals surface area contributed by atoms with Crippen LogP contribution in [0.4, 0.5) is 0 Å². The van der Waals surface area contributed by atoms with E-state index in [1.54, 1.807) is 19.6 Å². The van der Waals surface area contributed by atoms with Gasteiger partial charge in [0.15, 0.2) is 5.82 Å². The Morgan fingerprint density at radius 1 is 1.58 bits per heavy atom. The standard InChI is InChI=1S/C12H13IN4O2/c1-19-5-8-10(13)12(18)16-11(15-8)9-4-14-6-17(9)7-2-3-7/h4,6-7H,2-3,5H2,1H3,(H,15,16,18). The van der Waals surface area contributed by atoms with E-state index in [1.807, 2.05) is 22.6 Å². The molecule has 3 rings (SSSR count). The van der Waals surface area contributed by atoms with Gasteiger partial charge in [0.2, 0.25) is 0 Å². The first-order chi connectivity index (χ1) is 9.20. The Bertz CT molecular complexity index is 660. The van der Waals surface area contributed by atoms with Gasteiger partial charge in [-0.15, -0.1) is 0 Å². The SMILES string of the molecule is COCc1nc(-c2cncn2C2CC2)[nH]c(=O)c1I. The first kappa shape index (κ1) is 12.8. The highest BCUT2D eigenvalue weighted by Gasteiger charge is 2.26. The molecule has 7 heteroatoms. The fourth-order valence-electron chi connectivity index (χ4n) is 1.99. The number of aromatic nitrogens is 4. The van der Waals surface area contributed by atoms with Crippen molar-refractivity contribution in [2.75, 3.05) is 7.11 Å². The van der Waals surface area contributed by atoms with E-state index in [9.17, 15) is 4.79 Å². The number of methoxy groups -OCH3 is 1. The van der Waals surface area contributed by atoms with Crippen molar-refractivity contribution in [1.29, 1.82) is 0 Å². The maximum Gasteiger partial charge on any atom is 0.265 e. The first-order valence-electron chi connectivity index (χ1n) is 6.00. The molecule has 0 atom stereocenters. The molecule has 2 heterocycles. The zero-order chi connectivity index (χ0) is 13.4. The van der Waals surface area contributed by atoms with Crippen LogP contribution in [0.25, 0.3) is 11.5 Å². The summed E-state index contributed by atoms with van der Waals surface area (Å²) in [5.41, 5.74) is 1.37. The largest absolute Gasteiger partial charge is 0.378 e. The highest BCUT2D eigenvalue weighted by Crippen LogP contribution is 2.37. The fourth-order valence-corrected chi connectivity index (χ4v) is 2.40. The smallest absolute Gasteiger partial charge is 0.265 e. The number of rotatable bonds is 4. The number of imidazole rings is 1. The molecule has 0 aliphatic heterocycles. The summed E-state index contributed by atoms with van der Waals surface area (Å²) in [5, 5.41) is 0. The van der Waals surface area contributed by atoms with Crippen LogP contribution in [0.1, 0.15) is 24.6 Å². The van der Waals surface area contributed by atoms with Gasteiger partial charge in [-0.05, 0) is 35.4 Å². The summed E-state index contributed by atoms with van der Waals surface area (Å²) in [6.45, 7) is 0.326. The van der Waals surface area contributed by atoms with Gasteiger partial charge in [-0.3, -0.25) is 4.79 Å². The predicted molar refractivity (Wildman–Crippen MR) is 77.8 cm³/mol. The Kier molecular flexibility index (Phi) is 3.40. The molecule has 19 heavy (non-hydrogen) atoms. The third-order valence-electron chi connectivity index (χ3n) is 3.06. The van der Waals surface area contributed by atoms with Crippen LogP contribution < -0.4 is 5.56 Å². The molecule has 1 aliphatic carbocycles. The average Bonchev–Trinajstić information content (AvgIpc) is 3.12. The normalized spacial score (nSPS) is 14.8. The monoisotopic (exact) mass is 372 g/mol. The minimum Gasteiger partial charge on any atom is -0.378 e. The van der Waals surface area contributed by atoms with Gasteiger partial charge in [-0.25, -0.2) is 9.97 Å². The van der Waals surface area contributed by atoms with Crippen LogP contribution in [-0.4, -0.2) is 26.6 Å². The summed E-state index contributed by atoms with van der Waals surface area (Å²) < 4.78 is 7.72. The second kappa shape index (κ2) is 5.04. The number of aromatic amines is 1. The second-order valence-corrected chi connectivity index (χ2v) is 5.60. The van der Waals surface area contributed by atoms with Crippen molar-refractivity contribution >= 4 is 22.6 Å². The van der Waals surface area contributed by atoms with Crippen molar-refractivity contribution in [1.82, 2.24) is 19.5 Å². The number of hydrogen-bond acceptors (Lipinski definition) is 4. The van der Waals surface area contributed by atoms with Crippen LogP contribution in [0.2, 0.25) is 0 Å². The third kappa shape index (κ3) is 2.44. The highest BCUT2D eigenvalue weighted by molar-refractivity contribution is 14.1. The fraction of sp³-hybridized carbons (Fsp3) is 0.417. The maximum atomic E-state index is 11.9. The van der Waals surface area contributed by atoms with E-state index in [2.05, 4.69) is 19.5 Å². The molecule has 100 valence electrons. The van der Waals surface area contributed by atoms with Crippen molar-refractivity contribution < 1.29 is 4.74 Å². The Morgan fingerprint density at radius 2 is 2.37 bits per heavy atom.